The van der Waals surface area contributed by atoms with Crippen LogP contribution in [0.4, 0.5) is 29.1 Å². The lowest BCUT2D eigenvalue weighted by molar-refractivity contribution is -0.274. The zero-order valence-corrected chi connectivity index (χ0v) is 13.0. The maximum absolute atomic E-state index is 13.5. The average Bonchev–Trinajstić information content (AvgIpc) is 3.05. The number of alkyl halides is 3. The summed E-state index contributed by atoms with van der Waals surface area (Å²) in [6, 6.07) is 9.41. The van der Waals surface area contributed by atoms with Crippen molar-refractivity contribution in [2.45, 2.75) is 6.36 Å². The van der Waals surface area contributed by atoms with E-state index in [9.17, 15) is 17.6 Å². The second-order valence-electron chi connectivity index (χ2n) is 5.41. The number of benzene rings is 2. The van der Waals surface area contributed by atoms with E-state index >= 15 is 0 Å². The van der Waals surface area contributed by atoms with E-state index in [1.54, 1.807) is 22.9 Å². The summed E-state index contributed by atoms with van der Waals surface area (Å²) < 4.78 is 55.7. The normalized spacial score (nSPS) is 11.8. The third-order valence-electron chi connectivity index (χ3n) is 3.63. The first-order valence-corrected chi connectivity index (χ1v) is 7.44. The summed E-state index contributed by atoms with van der Waals surface area (Å²) >= 11 is 0. The fourth-order valence-electron chi connectivity index (χ4n) is 2.59. The molecule has 2 aromatic heterocycles. The Labute approximate surface area is 143 Å². The first kappa shape index (κ1) is 16.1. The Morgan fingerprint density at radius 1 is 1.04 bits per heavy atom. The highest BCUT2D eigenvalue weighted by Crippen LogP contribution is 2.27. The van der Waals surface area contributed by atoms with Gasteiger partial charge in [-0.2, -0.15) is 0 Å². The van der Waals surface area contributed by atoms with Crippen molar-refractivity contribution >= 4 is 28.2 Å². The van der Waals surface area contributed by atoms with Crippen LogP contribution < -0.4 is 10.1 Å². The molecule has 0 saturated heterocycles. The van der Waals surface area contributed by atoms with Crippen LogP contribution in [-0.4, -0.2) is 20.7 Å². The summed E-state index contributed by atoms with van der Waals surface area (Å²) in [7, 11) is 0. The first-order chi connectivity index (χ1) is 12.4. The van der Waals surface area contributed by atoms with Gasteiger partial charge in [0, 0.05) is 24.1 Å². The lowest BCUT2D eigenvalue weighted by Gasteiger charge is -2.11. The number of nitrogens with one attached hydrogen (secondary N) is 1. The molecular weight excluding hydrogens is 352 g/mol. The fourth-order valence-corrected chi connectivity index (χ4v) is 2.59. The summed E-state index contributed by atoms with van der Waals surface area (Å²) in [5.41, 5.74) is 2.07. The van der Waals surface area contributed by atoms with Gasteiger partial charge in [0.1, 0.15) is 11.6 Å². The first-order valence-electron chi connectivity index (χ1n) is 7.44. The predicted octanol–water partition coefficient (Wildman–Crippen LogP) is 4.66. The number of rotatable bonds is 3. The quantitative estimate of drug-likeness (QED) is 0.539. The van der Waals surface area contributed by atoms with Crippen LogP contribution in [-0.2, 0) is 0 Å². The molecule has 0 spiro atoms. The zero-order valence-electron chi connectivity index (χ0n) is 13.0. The molecule has 0 aliphatic carbocycles. The molecule has 0 unspecified atom stereocenters. The molecule has 9 heteroatoms. The molecule has 2 aromatic carbocycles. The molecule has 0 aliphatic heterocycles. The smallest absolute Gasteiger partial charge is 0.406 e. The molecule has 5 nitrogen and oxygen atoms in total. The predicted molar refractivity (Wildman–Crippen MR) is 86.9 cm³/mol. The topological polar surface area (TPSA) is 51.5 Å². The number of nitrogens with zero attached hydrogens (tertiary/aromatic N) is 3. The van der Waals surface area contributed by atoms with Crippen molar-refractivity contribution in [3.8, 4) is 5.75 Å². The van der Waals surface area contributed by atoms with Gasteiger partial charge in [0.05, 0.1) is 11.0 Å². The van der Waals surface area contributed by atoms with Crippen molar-refractivity contribution in [2.24, 2.45) is 0 Å². The van der Waals surface area contributed by atoms with E-state index in [0.29, 0.717) is 28.2 Å². The van der Waals surface area contributed by atoms with Crippen molar-refractivity contribution in [3.05, 3.63) is 60.7 Å². The minimum Gasteiger partial charge on any atom is -0.406 e. The van der Waals surface area contributed by atoms with Crippen LogP contribution in [0, 0.1) is 5.82 Å². The van der Waals surface area contributed by atoms with Gasteiger partial charge in [-0.05, 0) is 36.4 Å². The lowest BCUT2D eigenvalue weighted by Crippen LogP contribution is -2.17. The highest BCUT2D eigenvalue weighted by atomic mass is 19.4. The monoisotopic (exact) mass is 362 g/mol. The minimum absolute atomic E-state index is 0.331. The Bertz CT molecular complexity index is 1090. The van der Waals surface area contributed by atoms with Gasteiger partial charge in [-0.25, -0.2) is 14.4 Å². The number of anilines is 2. The summed E-state index contributed by atoms with van der Waals surface area (Å²) in [6.07, 6.45) is -1.46. The fraction of sp³-hybridized carbons (Fsp3) is 0.0588. The molecule has 2 heterocycles. The van der Waals surface area contributed by atoms with Crippen LogP contribution >= 0.6 is 0 Å². The summed E-state index contributed by atoms with van der Waals surface area (Å²) in [6.45, 7) is 0. The Kier molecular flexibility index (Phi) is 3.64. The molecule has 4 aromatic rings. The highest BCUT2D eigenvalue weighted by Gasteiger charge is 2.30. The van der Waals surface area contributed by atoms with Gasteiger partial charge >= 0.3 is 6.36 Å². The second-order valence-corrected chi connectivity index (χ2v) is 5.41. The van der Waals surface area contributed by atoms with Gasteiger partial charge in [0.2, 0.25) is 0 Å². The van der Waals surface area contributed by atoms with Gasteiger partial charge in [-0.3, -0.25) is 4.40 Å². The van der Waals surface area contributed by atoms with Crippen LogP contribution in [0.3, 0.4) is 0 Å². The van der Waals surface area contributed by atoms with Crippen molar-refractivity contribution in [1.29, 1.82) is 0 Å². The highest BCUT2D eigenvalue weighted by molar-refractivity contribution is 5.84. The molecule has 0 amide bonds. The van der Waals surface area contributed by atoms with Gasteiger partial charge in [0.25, 0.3) is 0 Å². The standard InChI is InChI=1S/C17H10F4N4O/c18-10-1-6-14-13(9-10)24-15(16-22-7-8-25(14)16)23-11-2-4-12(5-3-11)26-17(19,20)21/h1-9H,(H,23,24). The Morgan fingerprint density at radius 3 is 2.54 bits per heavy atom. The van der Waals surface area contributed by atoms with Crippen molar-refractivity contribution in [1.82, 2.24) is 14.4 Å². The van der Waals surface area contributed by atoms with E-state index in [0.717, 1.165) is 0 Å². The third-order valence-corrected chi connectivity index (χ3v) is 3.63. The molecular formula is C17H10F4N4O. The zero-order chi connectivity index (χ0) is 18.3. The molecule has 0 aliphatic rings. The van der Waals surface area contributed by atoms with Crippen LogP contribution in [0.15, 0.2) is 54.9 Å². The maximum Gasteiger partial charge on any atom is 0.573 e. The molecule has 0 atom stereocenters. The lowest BCUT2D eigenvalue weighted by atomic mass is 10.2. The van der Waals surface area contributed by atoms with E-state index in [1.165, 1.54) is 36.4 Å². The van der Waals surface area contributed by atoms with Crippen molar-refractivity contribution < 1.29 is 22.3 Å². The van der Waals surface area contributed by atoms with Gasteiger partial charge in [-0.15, -0.1) is 13.2 Å². The number of fused-ring (bicyclic) bond motifs is 3. The second kappa shape index (κ2) is 5.87. The molecule has 1 N–H and O–H groups in total. The van der Waals surface area contributed by atoms with E-state index in [4.69, 9.17) is 0 Å². The van der Waals surface area contributed by atoms with E-state index in [-0.39, 0.29) is 5.75 Å². The van der Waals surface area contributed by atoms with Crippen LogP contribution in [0.1, 0.15) is 0 Å². The molecule has 132 valence electrons. The SMILES string of the molecule is Fc1ccc2c(c1)nc(Nc1ccc(OC(F)(F)F)cc1)c1nccn12. The van der Waals surface area contributed by atoms with E-state index < -0.39 is 12.2 Å². The molecule has 4 rings (SSSR count). The number of ether oxygens (including phenoxy) is 1. The summed E-state index contributed by atoms with van der Waals surface area (Å²) in [5.74, 6) is -0.413. The number of hydrogen-bond acceptors (Lipinski definition) is 4. The maximum atomic E-state index is 13.5. The van der Waals surface area contributed by atoms with Crippen LogP contribution in [0.2, 0.25) is 0 Å². The van der Waals surface area contributed by atoms with Crippen molar-refractivity contribution in [3.63, 3.8) is 0 Å². The summed E-state index contributed by atoms with van der Waals surface area (Å²) in [4.78, 5) is 8.59. The molecule has 0 bridgehead atoms. The third kappa shape index (κ3) is 3.10. The van der Waals surface area contributed by atoms with Crippen LogP contribution in [0.5, 0.6) is 5.75 Å². The number of aromatic nitrogens is 3. The molecule has 0 radical (unpaired) electrons. The minimum atomic E-state index is -4.75. The summed E-state index contributed by atoms with van der Waals surface area (Å²) in [5, 5.41) is 2.98. The van der Waals surface area contributed by atoms with E-state index in [1.807, 2.05) is 0 Å². The van der Waals surface area contributed by atoms with Gasteiger partial charge in [-0.1, -0.05) is 0 Å². The molecule has 0 saturated carbocycles. The molecule has 0 fully saturated rings. The van der Waals surface area contributed by atoms with Crippen molar-refractivity contribution in [2.75, 3.05) is 5.32 Å². The van der Waals surface area contributed by atoms with E-state index in [2.05, 4.69) is 20.0 Å². The van der Waals surface area contributed by atoms with Gasteiger partial charge in [0.15, 0.2) is 11.5 Å². The Balaban J connectivity index is 1.71. The Morgan fingerprint density at radius 2 is 1.81 bits per heavy atom. The number of imidazole rings is 1. The van der Waals surface area contributed by atoms with Gasteiger partial charge < -0.3 is 10.1 Å². The average molecular weight is 362 g/mol. The Hall–Kier alpha value is -3.36. The number of hydrogen-bond donors (Lipinski definition) is 1. The molecule has 26 heavy (non-hydrogen) atoms. The number of halogens is 4. The largest absolute Gasteiger partial charge is 0.573 e. The van der Waals surface area contributed by atoms with Crippen LogP contribution in [0.25, 0.3) is 16.7 Å².